The summed E-state index contributed by atoms with van der Waals surface area (Å²) in [5.74, 6) is 0. The Labute approximate surface area is 138 Å². The predicted molar refractivity (Wildman–Crippen MR) is 88.4 cm³/mol. The van der Waals surface area contributed by atoms with Crippen molar-refractivity contribution in [1.82, 2.24) is 10.3 Å². The maximum Gasteiger partial charge on any atom is 0.164 e. The lowest BCUT2D eigenvalue weighted by Crippen LogP contribution is -2.36. The fraction of sp³-hybridized carbons (Fsp3) is 0.412. The van der Waals surface area contributed by atoms with Gasteiger partial charge in [-0.2, -0.15) is 0 Å². The van der Waals surface area contributed by atoms with E-state index in [0.717, 1.165) is 17.0 Å². The average Bonchev–Trinajstić information content (AvgIpc) is 3.26. The zero-order chi connectivity index (χ0) is 15.7. The van der Waals surface area contributed by atoms with Crippen LogP contribution >= 0.6 is 11.3 Å². The Morgan fingerprint density at radius 2 is 2.00 bits per heavy atom. The lowest BCUT2D eigenvalue weighted by Gasteiger charge is -2.27. The molecule has 0 spiro atoms. The summed E-state index contributed by atoms with van der Waals surface area (Å²) >= 11 is 1.39. The number of rotatable bonds is 3. The van der Waals surface area contributed by atoms with E-state index in [4.69, 9.17) is 4.84 Å². The molecule has 2 aliphatic heterocycles. The molecule has 1 aromatic heterocycles. The number of nitrogens with one attached hydrogen (secondary N) is 1. The van der Waals surface area contributed by atoms with Crippen LogP contribution in [0, 0.1) is 0 Å². The topological polar surface area (TPSA) is 46.5 Å². The zero-order valence-corrected chi connectivity index (χ0v) is 13.5. The van der Waals surface area contributed by atoms with Crippen LogP contribution in [0.15, 0.2) is 40.9 Å². The van der Waals surface area contributed by atoms with Gasteiger partial charge in [-0.25, -0.2) is 9.37 Å². The number of hydrogen-bond acceptors (Lipinski definition) is 5. The Balaban J connectivity index is 1.50. The van der Waals surface area contributed by atoms with Gasteiger partial charge in [0, 0.05) is 24.6 Å². The van der Waals surface area contributed by atoms with E-state index in [-0.39, 0.29) is 6.10 Å². The molecule has 1 saturated heterocycles. The van der Waals surface area contributed by atoms with Gasteiger partial charge >= 0.3 is 0 Å². The Hall–Kier alpha value is -1.79. The van der Waals surface area contributed by atoms with Crippen molar-refractivity contribution in [2.24, 2.45) is 5.16 Å². The Morgan fingerprint density at radius 3 is 2.78 bits per heavy atom. The fourth-order valence-corrected chi connectivity index (χ4v) is 4.00. The van der Waals surface area contributed by atoms with E-state index in [0.29, 0.717) is 37.4 Å². The molecule has 0 radical (unpaired) electrons. The van der Waals surface area contributed by atoms with Crippen molar-refractivity contribution in [3.63, 3.8) is 0 Å². The summed E-state index contributed by atoms with van der Waals surface area (Å²) in [6.45, 7) is 1.40. The van der Waals surface area contributed by atoms with E-state index in [9.17, 15) is 4.39 Å². The lowest BCUT2D eigenvalue weighted by molar-refractivity contribution is 0.0857. The molecule has 1 aromatic carbocycles. The van der Waals surface area contributed by atoms with Crippen LogP contribution in [0.25, 0.3) is 0 Å². The SMILES string of the molecule is FC1(c2nc(C3=NOC(c4ccccc4)C3)cs2)CCNCC1. The summed E-state index contributed by atoms with van der Waals surface area (Å²) in [5, 5.41) is 9.83. The van der Waals surface area contributed by atoms with Crippen LogP contribution in [-0.2, 0) is 10.5 Å². The van der Waals surface area contributed by atoms with Gasteiger partial charge in [-0.3, -0.25) is 0 Å². The van der Waals surface area contributed by atoms with Crippen molar-refractivity contribution in [3.8, 4) is 0 Å². The van der Waals surface area contributed by atoms with Gasteiger partial charge in [-0.1, -0.05) is 35.5 Å². The normalized spacial score (nSPS) is 23.3. The van der Waals surface area contributed by atoms with Gasteiger partial charge in [0.2, 0.25) is 0 Å². The largest absolute Gasteiger partial charge is 0.387 e. The van der Waals surface area contributed by atoms with Crippen LogP contribution in [0.5, 0.6) is 0 Å². The molecule has 23 heavy (non-hydrogen) atoms. The monoisotopic (exact) mass is 331 g/mol. The minimum absolute atomic E-state index is 0.0745. The maximum absolute atomic E-state index is 15.0. The Bertz CT molecular complexity index is 710. The second kappa shape index (κ2) is 6.02. The minimum atomic E-state index is -1.30. The molecule has 3 heterocycles. The van der Waals surface area contributed by atoms with Gasteiger partial charge in [0.1, 0.15) is 10.7 Å². The second-order valence-electron chi connectivity index (χ2n) is 6.00. The molecule has 0 amide bonds. The summed E-state index contributed by atoms with van der Waals surface area (Å²) in [5.41, 5.74) is 1.35. The van der Waals surface area contributed by atoms with Crippen molar-refractivity contribution in [1.29, 1.82) is 0 Å². The van der Waals surface area contributed by atoms with Crippen LogP contribution in [0.1, 0.15) is 41.6 Å². The van der Waals surface area contributed by atoms with Crippen LogP contribution in [0.3, 0.4) is 0 Å². The molecule has 1 fully saturated rings. The molecule has 1 unspecified atom stereocenters. The number of aromatic nitrogens is 1. The first kappa shape index (κ1) is 14.8. The van der Waals surface area contributed by atoms with Crippen LogP contribution in [0.2, 0.25) is 0 Å². The molecule has 4 nitrogen and oxygen atoms in total. The highest BCUT2D eigenvalue weighted by atomic mass is 32.1. The molecule has 0 saturated carbocycles. The summed E-state index contributed by atoms with van der Waals surface area (Å²) in [6.07, 6.45) is 1.56. The number of halogens is 1. The van der Waals surface area contributed by atoms with Crippen molar-refractivity contribution < 1.29 is 9.23 Å². The number of piperidine rings is 1. The number of thiazole rings is 1. The molecule has 6 heteroatoms. The standard InChI is InChI=1S/C17H18FN3OS/c18-17(6-8-19-9-7-17)16-20-14(11-23-16)13-10-15(22-21-13)12-4-2-1-3-5-12/h1-5,11,15,19H,6-10H2. The first-order valence-electron chi connectivity index (χ1n) is 7.88. The highest BCUT2D eigenvalue weighted by molar-refractivity contribution is 7.10. The first-order valence-corrected chi connectivity index (χ1v) is 8.76. The van der Waals surface area contributed by atoms with Crippen molar-refractivity contribution >= 4 is 17.0 Å². The highest BCUT2D eigenvalue weighted by Crippen LogP contribution is 2.38. The third-order valence-electron chi connectivity index (χ3n) is 4.42. The molecule has 120 valence electrons. The average molecular weight is 331 g/mol. The van der Waals surface area contributed by atoms with Gasteiger partial charge in [0.25, 0.3) is 0 Å². The molecule has 4 rings (SSSR count). The van der Waals surface area contributed by atoms with Crippen molar-refractivity contribution in [2.75, 3.05) is 13.1 Å². The summed E-state index contributed by atoms with van der Waals surface area (Å²) in [6, 6.07) is 10.0. The Morgan fingerprint density at radius 1 is 1.22 bits per heavy atom. The fourth-order valence-electron chi connectivity index (χ4n) is 3.02. The molecular formula is C17H18FN3OS. The van der Waals surface area contributed by atoms with E-state index < -0.39 is 5.67 Å². The molecule has 0 aliphatic carbocycles. The van der Waals surface area contributed by atoms with Crippen LogP contribution in [-0.4, -0.2) is 23.8 Å². The Kier molecular flexibility index (Phi) is 3.87. The summed E-state index contributed by atoms with van der Waals surface area (Å²) < 4.78 is 15.0. The van der Waals surface area contributed by atoms with Crippen molar-refractivity contribution in [2.45, 2.75) is 31.0 Å². The maximum atomic E-state index is 15.0. The van der Waals surface area contributed by atoms with Gasteiger partial charge in [-0.05, 0) is 18.7 Å². The van der Waals surface area contributed by atoms with E-state index in [1.807, 2.05) is 35.7 Å². The van der Waals surface area contributed by atoms with Gasteiger partial charge < -0.3 is 10.2 Å². The van der Waals surface area contributed by atoms with Gasteiger partial charge in [0.05, 0.1) is 5.69 Å². The number of benzene rings is 1. The summed E-state index contributed by atoms with van der Waals surface area (Å²) in [4.78, 5) is 10.1. The number of hydrogen-bond donors (Lipinski definition) is 1. The van der Waals surface area contributed by atoms with Crippen molar-refractivity contribution in [3.05, 3.63) is 52.0 Å². The molecule has 1 N–H and O–H groups in total. The smallest absolute Gasteiger partial charge is 0.164 e. The van der Waals surface area contributed by atoms with E-state index in [1.54, 1.807) is 0 Å². The summed E-state index contributed by atoms with van der Waals surface area (Å²) in [7, 11) is 0. The quantitative estimate of drug-likeness (QED) is 0.935. The number of nitrogens with zero attached hydrogens (tertiary/aromatic N) is 2. The lowest BCUT2D eigenvalue weighted by atomic mass is 9.95. The molecule has 1 atom stereocenters. The number of alkyl halides is 1. The van der Waals surface area contributed by atoms with Crippen LogP contribution < -0.4 is 5.32 Å². The third-order valence-corrected chi connectivity index (χ3v) is 5.44. The third kappa shape index (κ3) is 2.88. The van der Waals surface area contributed by atoms with Gasteiger partial charge in [-0.15, -0.1) is 11.3 Å². The second-order valence-corrected chi connectivity index (χ2v) is 6.86. The highest BCUT2D eigenvalue weighted by Gasteiger charge is 2.37. The van der Waals surface area contributed by atoms with Gasteiger partial charge in [0.15, 0.2) is 11.8 Å². The minimum Gasteiger partial charge on any atom is -0.387 e. The molecule has 2 aromatic rings. The predicted octanol–water partition coefficient (Wildman–Crippen LogP) is 3.56. The van der Waals surface area contributed by atoms with E-state index in [1.165, 1.54) is 11.3 Å². The molecular weight excluding hydrogens is 313 g/mol. The molecule has 2 aliphatic rings. The van der Waals surface area contributed by atoms with Crippen LogP contribution in [0.4, 0.5) is 4.39 Å². The zero-order valence-electron chi connectivity index (χ0n) is 12.7. The number of oxime groups is 1. The first-order chi connectivity index (χ1) is 11.2. The molecule has 0 bridgehead atoms. The van der Waals surface area contributed by atoms with E-state index in [2.05, 4.69) is 15.5 Å². The van der Waals surface area contributed by atoms with E-state index >= 15 is 0 Å².